The normalized spacial score (nSPS) is 18.4. The number of aliphatic hydroxyl groups is 1. The van der Waals surface area contributed by atoms with Gasteiger partial charge in [-0.05, 0) is 52.4 Å². The van der Waals surface area contributed by atoms with Crippen molar-refractivity contribution in [3.8, 4) is 0 Å². The first-order valence-electron chi connectivity index (χ1n) is 8.80. The summed E-state index contributed by atoms with van der Waals surface area (Å²) < 4.78 is 0. The Balaban J connectivity index is 0.000000243. The number of hydrogen-bond acceptors (Lipinski definition) is 4. The van der Waals surface area contributed by atoms with E-state index in [-0.39, 0.29) is 6.03 Å². The SMILES string of the molecule is CCNC(=O)N1CCCN(C)CC1.CCNC1=C(O)C=CCC=C1. The van der Waals surface area contributed by atoms with Gasteiger partial charge in [0.1, 0.15) is 5.76 Å². The zero-order chi connectivity index (χ0) is 17.8. The molecule has 1 aliphatic carbocycles. The van der Waals surface area contributed by atoms with Gasteiger partial charge in [0.05, 0.1) is 5.70 Å². The summed E-state index contributed by atoms with van der Waals surface area (Å²) in [6, 6.07) is 0.0813. The van der Waals surface area contributed by atoms with E-state index >= 15 is 0 Å². The lowest BCUT2D eigenvalue weighted by molar-refractivity contribution is 0.200. The van der Waals surface area contributed by atoms with Crippen LogP contribution in [-0.4, -0.2) is 67.3 Å². The quantitative estimate of drug-likeness (QED) is 0.739. The fraction of sp³-hybridized carbons (Fsp3) is 0.611. The molecule has 1 heterocycles. The highest BCUT2D eigenvalue weighted by Gasteiger charge is 2.15. The lowest BCUT2D eigenvalue weighted by Crippen LogP contribution is -2.41. The number of rotatable bonds is 3. The van der Waals surface area contributed by atoms with Crippen LogP contribution in [0.25, 0.3) is 0 Å². The van der Waals surface area contributed by atoms with Gasteiger partial charge in [0.2, 0.25) is 0 Å². The number of amides is 2. The maximum atomic E-state index is 11.5. The predicted molar refractivity (Wildman–Crippen MR) is 99.0 cm³/mol. The molecule has 2 amide bonds. The first kappa shape index (κ1) is 20.1. The third-order valence-electron chi connectivity index (χ3n) is 3.81. The zero-order valence-corrected chi connectivity index (χ0v) is 15.2. The molecule has 0 atom stereocenters. The second-order valence-corrected chi connectivity index (χ2v) is 5.85. The second kappa shape index (κ2) is 11.6. The Morgan fingerprint density at radius 3 is 2.58 bits per heavy atom. The minimum Gasteiger partial charge on any atom is -0.506 e. The highest BCUT2D eigenvalue weighted by atomic mass is 16.3. The monoisotopic (exact) mass is 336 g/mol. The van der Waals surface area contributed by atoms with E-state index in [9.17, 15) is 9.90 Å². The molecule has 3 N–H and O–H groups in total. The summed E-state index contributed by atoms with van der Waals surface area (Å²) in [6.07, 6.45) is 9.53. The highest BCUT2D eigenvalue weighted by molar-refractivity contribution is 5.74. The Morgan fingerprint density at radius 2 is 1.88 bits per heavy atom. The molecule has 6 nitrogen and oxygen atoms in total. The maximum absolute atomic E-state index is 11.5. The lowest BCUT2D eigenvalue weighted by Gasteiger charge is -2.20. The van der Waals surface area contributed by atoms with Gasteiger partial charge in [0.25, 0.3) is 0 Å². The lowest BCUT2D eigenvalue weighted by atomic mass is 10.3. The van der Waals surface area contributed by atoms with E-state index in [4.69, 9.17) is 0 Å². The molecular weight excluding hydrogens is 304 g/mol. The van der Waals surface area contributed by atoms with E-state index in [1.165, 1.54) is 0 Å². The van der Waals surface area contributed by atoms with Crippen molar-refractivity contribution >= 4 is 6.03 Å². The van der Waals surface area contributed by atoms with Crippen LogP contribution in [-0.2, 0) is 0 Å². The fourth-order valence-corrected chi connectivity index (χ4v) is 2.47. The minimum absolute atomic E-state index is 0.0813. The second-order valence-electron chi connectivity index (χ2n) is 5.85. The van der Waals surface area contributed by atoms with Crippen molar-refractivity contribution in [2.45, 2.75) is 26.7 Å². The Morgan fingerprint density at radius 1 is 1.12 bits per heavy atom. The van der Waals surface area contributed by atoms with Gasteiger partial charge >= 0.3 is 6.03 Å². The van der Waals surface area contributed by atoms with Gasteiger partial charge in [-0.3, -0.25) is 0 Å². The van der Waals surface area contributed by atoms with Crippen LogP contribution in [0.5, 0.6) is 0 Å². The van der Waals surface area contributed by atoms with Crippen molar-refractivity contribution in [3.63, 3.8) is 0 Å². The number of likely N-dealkylation sites (N-methyl/N-ethyl adjacent to an activating group) is 2. The first-order valence-corrected chi connectivity index (χ1v) is 8.80. The van der Waals surface area contributed by atoms with Crippen molar-refractivity contribution in [1.82, 2.24) is 20.4 Å². The van der Waals surface area contributed by atoms with Crippen LogP contribution in [0, 0.1) is 0 Å². The Labute approximate surface area is 145 Å². The molecule has 0 unspecified atom stereocenters. The third kappa shape index (κ3) is 7.55. The summed E-state index contributed by atoms with van der Waals surface area (Å²) in [5, 5.41) is 15.3. The molecule has 24 heavy (non-hydrogen) atoms. The van der Waals surface area contributed by atoms with E-state index in [1.54, 1.807) is 6.08 Å². The molecule has 136 valence electrons. The van der Waals surface area contributed by atoms with Crippen LogP contribution in [0.2, 0.25) is 0 Å². The number of carbonyl (C=O) groups is 1. The smallest absolute Gasteiger partial charge is 0.317 e. The summed E-state index contributed by atoms with van der Waals surface area (Å²) in [5.74, 6) is 0.320. The van der Waals surface area contributed by atoms with Crippen LogP contribution < -0.4 is 10.6 Å². The van der Waals surface area contributed by atoms with E-state index in [2.05, 4.69) is 22.6 Å². The van der Waals surface area contributed by atoms with Gasteiger partial charge < -0.3 is 25.5 Å². The van der Waals surface area contributed by atoms with E-state index in [0.717, 1.165) is 51.3 Å². The van der Waals surface area contributed by atoms with Gasteiger partial charge in [0, 0.05) is 32.7 Å². The number of carbonyl (C=O) groups excluding carboxylic acids is 1. The topological polar surface area (TPSA) is 67.8 Å². The molecule has 0 radical (unpaired) electrons. The van der Waals surface area contributed by atoms with Crippen LogP contribution in [0.3, 0.4) is 0 Å². The summed E-state index contributed by atoms with van der Waals surface area (Å²) in [7, 11) is 2.10. The molecule has 0 bridgehead atoms. The molecule has 0 aromatic carbocycles. The standard InChI is InChI=1S/C9H19N3O.C9H13NO/c1-3-10-9(13)12-6-4-5-11(2)7-8-12;1-2-10-8-6-4-3-5-7-9(8)11/h3-8H2,1-2H3,(H,10,13);4-7,10-11H,2-3H2,1H3. The van der Waals surface area contributed by atoms with Crippen LogP contribution in [0.1, 0.15) is 26.7 Å². The number of hydrogen-bond donors (Lipinski definition) is 3. The highest BCUT2D eigenvalue weighted by Crippen LogP contribution is 2.07. The average Bonchev–Trinajstić information content (AvgIpc) is 2.90. The number of nitrogens with one attached hydrogen (secondary N) is 2. The average molecular weight is 336 g/mol. The van der Waals surface area contributed by atoms with Gasteiger partial charge in [-0.15, -0.1) is 0 Å². The Kier molecular flexibility index (Phi) is 9.68. The number of nitrogens with zero attached hydrogens (tertiary/aromatic N) is 2. The Hall–Kier alpha value is -1.95. The molecule has 6 heteroatoms. The van der Waals surface area contributed by atoms with Gasteiger partial charge in [0.15, 0.2) is 0 Å². The van der Waals surface area contributed by atoms with Crippen LogP contribution in [0.15, 0.2) is 35.8 Å². The summed E-state index contributed by atoms with van der Waals surface area (Å²) in [5.41, 5.74) is 0.807. The van der Waals surface area contributed by atoms with Crippen molar-refractivity contribution < 1.29 is 9.90 Å². The molecule has 0 spiro atoms. The molecule has 0 aromatic heterocycles. The van der Waals surface area contributed by atoms with Gasteiger partial charge in [-0.2, -0.15) is 0 Å². The van der Waals surface area contributed by atoms with Gasteiger partial charge in [-0.25, -0.2) is 4.79 Å². The molecule has 2 rings (SSSR count). The zero-order valence-electron chi connectivity index (χ0n) is 15.2. The largest absolute Gasteiger partial charge is 0.506 e. The van der Waals surface area contributed by atoms with E-state index in [1.807, 2.05) is 37.0 Å². The van der Waals surface area contributed by atoms with E-state index < -0.39 is 0 Å². The number of aliphatic hydroxyl groups excluding tert-OH is 1. The molecule has 0 aromatic rings. The van der Waals surface area contributed by atoms with Gasteiger partial charge in [-0.1, -0.05) is 12.2 Å². The maximum Gasteiger partial charge on any atom is 0.317 e. The molecule has 1 aliphatic heterocycles. The first-order chi connectivity index (χ1) is 11.6. The number of urea groups is 1. The summed E-state index contributed by atoms with van der Waals surface area (Å²) >= 11 is 0. The molecule has 0 saturated carbocycles. The van der Waals surface area contributed by atoms with Crippen molar-refractivity contribution in [2.75, 3.05) is 46.3 Å². The van der Waals surface area contributed by atoms with Crippen LogP contribution >= 0.6 is 0 Å². The third-order valence-corrected chi connectivity index (χ3v) is 3.81. The molecule has 1 saturated heterocycles. The van der Waals surface area contributed by atoms with E-state index in [0.29, 0.717) is 12.3 Å². The summed E-state index contributed by atoms with van der Waals surface area (Å²) in [4.78, 5) is 15.6. The van der Waals surface area contributed by atoms with Crippen molar-refractivity contribution in [2.24, 2.45) is 0 Å². The molecule has 2 aliphatic rings. The number of allylic oxidation sites excluding steroid dienone is 4. The van der Waals surface area contributed by atoms with Crippen molar-refractivity contribution in [1.29, 1.82) is 0 Å². The fourth-order valence-electron chi connectivity index (χ4n) is 2.47. The predicted octanol–water partition coefficient (Wildman–Crippen LogP) is 2.24. The summed E-state index contributed by atoms with van der Waals surface area (Å²) in [6.45, 7) is 9.30. The molecule has 1 fully saturated rings. The van der Waals surface area contributed by atoms with Crippen LogP contribution in [0.4, 0.5) is 4.79 Å². The van der Waals surface area contributed by atoms with Crippen molar-refractivity contribution in [3.05, 3.63) is 35.8 Å². The minimum atomic E-state index is 0.0813. The Bertz CT molecular complexity index is 472. The molecular formula is C18H32N4O2.